The number of phenols is 1. The van der Waals surface area contributed by atoms with E-state index in [1.165, 1.54) is 4.90 Å². The van der Waals surface area contributed by atoms with Crippen LogP contribution in [0.25, 0.3) is 0 Å². The van der Waals surface area contributed by atoms with Gasteiger partial charge in [-0.15, -0.1) is 11.8 Å². The quantitative estimate of drug-likeness (QED) is 0.554. The molecule has 2 amide bonds. The number of amides is 2. The molecule has 2 saturated carbocycles. The van der Waals surface area contributed by atoms with Gasteiger partial charge in [0.1, 0.15) is 5.75 Å². The van der Waals surface area contributed by atoms with Crippen LogP contribution in [0.3, 0.4) is 0 Å². The van der Waals surface area contributed by atoms with E-state index >= 15 is 0 Å². The van der Waals surface area contributed by atoms with Crippen molar-refractivity contribution >= 4 is 40.9 Å². The first kappa shape index (κ1) is 21.0. The molecule has 0 unspecified atom stereocenters. The van der Waals surface area contributed by atoms with Gasteiger partial charge in [0.25, 0.3) is 0 Å². The second-order valence-electron chi connectivity index (χ2n) is 9.34. The summed E-state index contributed by atoms with van der Waals surface area (Å²) in [5.41, 5.74) is 0.753. The van der Waals surface area contributed by atoms with Crippen LogP contribution in [0.1, 0.15) is 35.6 Å². The largest absolute Gasteiger partial charge is 0.508 e. The number of rotatable bonds is 5. The summed E-state index contributed by atoms with van der Waals surface area (Å²) in [4.78, 5) is 54.7. The second kappa shape index (κ2) is 7.46. The van der Waals surface area contributed by atoms with E-state index in [1.807, 2.05) is 12.1 Å². The van der Waals surface area contributed by atoms with Crippen LogP contribution in [0.5, 0.6) is 5.75 Å². The van der Waals surface area contributed by atoms with Gasteiger partial charge in [-0.1, -0.05) is 29.5 Å². The molecule has 3 fully saturated rings. The van der Waals surface area contributed by atoms with Gasteiger partial charge in [-0.05, 0) is 36.7 Å². The molecule has 8 nitrogen and oxygen atoms in total. The average molecular weight is 487 g/mol. The zero-order chi connectivity index (χ0) is 23.0. The molecule has 2 aliphatic carbocycles. The van der Waals surface area contributed by atoms with E-state index < -0.39 is 11.9 Å². The SMILES string of the molecule is O=C(O)CCCN1C(=O)[C@@H]2[C@H]3C[C@@H]([C@@H]2C1=O)[C@H]1[C@@H](c2ccccc2O)c2sc(=O)[nH]c2S[C@@H]31. The van der Waals surface area contributed by atoms with Crippen LogP contribution in [0.2, 0.25) is 0 Å². The fraction of sp³-hybridized carbons (Fsp3) is 0.478. The number of imide groups is 1. The molecule has 1 aromatic heterocycles. The molecule has 2 aliphatic heterocycles. The van der Waals surface area contributed by atoms with Crippen LogP contribution in [0.4, 0.5) is 0 Å². The van der Waals surface area contributed by atoms with Gasteiger partial charge >= 0.3 is 10.8 Å². The van der Waals surface area contributed by atoms with Crippen LogP contribution in [0, 0.1) is 29.6 Å². The lowest BCUT2D eigenvalue weighted by Gasteiger charge is -2.43. The topological polar surface area (TPSA) is 128 Å². The molecule has 0 spiro atoms. The third-order valence-corrected chi connectivity index (χ3v) is 10.4. The number of hydrogen-bond donors (Lipinski definition) is 3. The highest BCUT2D eigenvalue weighted by Gasteiger charge is 2.69. The minimum atomic E-state index is -0.942. The number of nitrogens with one attached hydrogen (secondary N) is 1. The highest BCUT2D eigenvalue weighted by molar-refractivity contribution is 8.00. The Kier molecular flexibility index (Phi) is 4.74. The lowest BCUT2D eigenvalue weighted by molar-refractivity contribution is -0.142. The maximum absolute atomic E-state index is 13.3. The lowest BCUT2D eigenvalue weighted by atomic mass is 9.68. The predicted molar refractivity (Wildman–Crippen MR) is 120 cm³/mol. The maximum atomic E-state index is 13.3. The molecule has 172 valence electrons. The number of H-pyrrole nitrogens is 1. The predicted octanol–water partition coefficient (Wildman–Crippen LogP) is 2.48. The summed E-state index contributed by atoms with van der Waals surface area (Å²) in [5, 5.41) is 20.5. The zero-order valence-electron chi connectivity index (χ0n) is 17.5. The van der Waals surface area contributed by atoms with E-state index in [4.69, 9.17) is 5.11 Å². The standard InChI is InChI=1S/C23H22N2O6S2/c26-12-5-2-1-4-9(12)14-15-10-8-11(18(15)32-20-19(14)33-23(31)24-20)17-16(10)21(29)25(22(17)30)7-3-6-13(27)28/h1-2,4-5,10-11,14-18,26H,3,6-8H2,(H,24,31)(H,27,28)/t10-,11-,14-,15+,16+,17-,18+/m1/s1. The fourth-order valence-corrected chi connectivity index (χ4v) is 9.67. The van der Waals surface area contributed by atoms with Gasteiger partial charge in [0.15, 0.2) is 0 Å². The Hall–Kier alpha value is -2.59. The summed E-state index contributed by atoms with van der Waals surface area (Å²) >= 11 is 2.76. The number of fused-ring (bicyclic) bond motifs is 9. The van der Waals surface area contributed by atoms with Gasteiger partial charge in [-0.3, -0.25) is 24.1 Å². The van der Waals surface area contributed by atoms with Crippen molar-refractivity contribution in [3.8, 4) is 5.75 Å². The Morgan fingerprint density at radius 1 is 1.12 bits per heavy atom. The monoisotopic (exact) mass is 486 g/mol. The van der Waals surface area contributed by atoms with Gasteiger partial charge in [-0.25, -0.2) is 0 Å². The van der Waals surface area contributed by atoms with Gasteiger partial charge in [0.2, 0.25) is 11.8 Å². The van der Waals surface area contributed by atoms with Gasteiger partial charge < -0.3 is 15.2 Å². The van der Waals surface area contributed by atoms with E-state index in [0.29, 0.717) is 0 Å². The first-order chi connectivity index (χ1) is 15.9. The number of nitrogens with zero attached hydrogens (tertiary/aromatic N) is 1. The Morgan fingerprint density at radius 3 is 2.58 bits per heavy atom. The number of carboxylic acid groups (broad SMARTS) is 1. The zero-order valence-corrected chi connectivity index (χ0v) is 19.1. The summed E-state index contributed by atoms with van der Waals surface area (Å²) in [5.74, 6) is -2.10. The maximum Gasteiger partial charge on any atom is 0.305 e. The molecule has 3 heterocycles. The number of aliphatic carboxylic acids is 1. The fourth-order valence-electron chi connectivity index (χ4n) is 6.79. The number of likely N-dealkylation sites (tertiary alicyclic amines) is 1. The molecule has 4 aliphatic rings. The number of carbonyl (C=O) groups is 3. The van der Waals surface area contributed by atoms with Crippen molar-refractivity contribution in [1.82, 2.24) is 9.88 Å². The molecule has 0 radical (unpaired) electrons. The van der Waals surface area contributed by atoms with Gasteiger partial charge in [0.05, 0.1) is 16.9 Å². The van der Waals surface area contributed by atoms with Crippen molar-refractivity contribution < 1.29 is 24.6 Å². The minimum Gasteiger partial charge on any atom is -0.508 e. The number of carboxylic acids is 1. The van der Waals surface area contributed by atoms with E-state index in [2.05, 4.69) is 4.98 Å². The smallest absolute Gasteiger partial charge is 0.305 e. The number of carbonyl (C=O) groups excluding carboxylic acids is 2. The Labute approximate surface area is 197 Å². The highest BCUT2D eigenvalue weighted by Crippen LogP contribution is 2.68. The van der Waals surface area contributed by atoms with Gasteiger partial charge in [0, 0.05) is 34.6 Å². The average Bonchev–Trinajstić information content (AvgIpc) is 3.49. The number of thiazole rings is 1. The van der Waals surface area contributed by atoms with E-state index in [-0.39, 0.29) is 76.7 Å². The molecular formula is C23H22N2O6S2. The number of aromatic hydroxyl groups is 1. The van der Waals surface area contributed by atoms with Crippen molar-refractivity contribution in [3.05, 3.63) is 44.4 Å². The van der Waals surface area contributed by atoms with Crippen LogP contribution in [-0.2, 0) is 14.4 Å². The molecule has 3 N–H and O–H groups in total. The third-order valence-electron chi connectivity index (χ3n) is 7.86. The summed E-state index contributed by atoms with van der Waals surface area (Å²) in [7, 11) is 0. The minimum absolute atomic E-state index is 0.0147. The number of aromatic nitrogens is 1. The number of hydrogen-bond acceptors (Lipinski definition) is 7. The normalized spacial score (nSPS) is 33.8. The lowest BCUT2D eigenvalue weighted by Crippen LogP contribution is -2.42. The third kappa shape index (κ3) is 2.96. The van der Waals surface area contributed by atoms with Crippen LogP contribution in [-0.4, -0.2) is 49.7 Å². The summed E-state index contributed by atoms with van der Waals surface area (Å²) in [6.45, 7) is 0.141. The van der Waals surface area contributed by atoms with Crippen molar-refractivity contribution in [1.29, 1.82) is 0 Å². The molecule has 1 aromatic carbocycles. The van der Waals surface area contributed by atoms with Crippen LogP contribution in [0.15, 0.2) is 34.1 Å². The van der Waals surface area contributed by atoms with E-state index in [0.717, 1.165) is 33.2 Å². The summed E-state index contributed by atoms with van der Waals surface area (Å²) < 4.78 is 0. The number of benzene rings is 1. The van der Waals surface area contributed by atoms with Gasteiger partial charge in [-0.2, -0.15) is 0 Å². The first-order valence-electron chi connectivity index (χ1n) is 11.1. The number of thioether (sulfide) groups is 1. The molecule has 6 rings (SSSR count). The Bertz CT molecular complexity index is 1240. The number of aromatic amines is 1. The van der Waals surface area contributed by atoms with Crippen molar-refractivity contribution in [2.75, 3.05) is 6.54 Å². The van der Waals surface area contributed by atoms with E-state index in [9.17, 15) is 24.3 Å². The van der Waals surface area contributed by atoms with Crippen LogP contribution >= 0.6 is 23.1 Å². The van der Waals surface area contributed by atoms with E-state index in [1.54, 1.807) is 23.9 Å². The molecule has 7 atom stereocenters. The highest BCUT2D eigenvalue weighted by atomic mass is 32.2. The molecule has 2 aromatic rings. The second-order valence-corrected chi connectivity index (χ2v) is 11.5. The van der Waals surface area contributed by atoms with Crippen molar-refractivity contribution in [3.63, 3.8) is 0 Å². The first-order valence-corrected chi connectivity index (χ1v) is 12.8. The molecule has 1 saturated heterocycles. The Balaban J connectivity index is 1.39. The number of para-hydroxylation sites is 1. The molecule has 33 heavy (non-hydrogen) atoms. The molecule has 2 bridgehead atoms. The number of phenolic OH excluding ortho intramolecular Hbond substituents is 1. The molecular weight excluding hydrogens is 464 g/mol. The van der Waals surface area contributed by atoms with Crippen molar-refractivity contribution in [2.45, 2.75) is 35.5 Å². The summed E-state index contributed by atoms with van der Waals surface area (Å²) in [6, 6.07) is 7.15. The summed E-state index contributed by atoms with van der Waals surface area (Å²) in [6.07, 6.45) is 0.951. The molecule has 10 heteroatoms. The van der Waals surface area contributed by atoms with Crippen LogP contribution < -0.4 is 4.87 Å². The van der Waals surface area contributed by atoms with Crippen molar-refractivity contribution in [2.24, 2.45) is 29.6 Å². The Morgan fingerprint density at radius 2 is 1.85 bits per heavy atom.